The molecule has 1 fully saturated rings. The van der Waals surface area contributed by atoms with Crippen LogP contribution in [0.2, 0.25) is 0 Å². The Hall–Kier alpha value is -0.790. The van der Waals surface area contributed by atoms with Gasteiger partial charge in [-0.2, -0.15) is 0 Å². The van der Waals surface area contributed by atoms with E-state index < -0.39 is 0 Å². The lowest BCUT2D eigenvalue weighted by atomic mass is 10.2. The first-order valence-electron chi connectivity index (χ1n) is 5.77. The number of hydrogen-bond acceptors (Lipinski definition) is 1. The van der Waals surface area contributed by atoms with Gasteiger partial charge in [0.25, 0.3) is 0 Å². The first kappa shape index (κ1) is 11.3. The Bertz CT molecular complexity index is 194. The van der Waals surface area contributed by atoms with Crippen molar-refractivity contribution in [2.24, 2.45) is 0 Å². The number of rotatable bonds is 7. The van der Waals surface area contributed by atoms with E-state index in [-0.39, 0.29) is 5.91 Å². The molecule has 0 unspecified atom stereocenters. The molecule has 0 atom stereocenters. The standard InChI is InChI=1S/C12H21NO/c1-2-3-4-5-6-7-8-12(14)13-11-9-10-11/h4-5,11H,2-3,6-10H2,1H3,(H,13,14). The number of hydrogen-bond donors (Lipinski definition) is 1. The molecule has 0 aromatic rings. The fraction of sp³-hybridized carbons (Fsp3) is 0.750. The molecule has 1 aliphatic carbocycles. The van der Waals surface area contributed by atoms with Crippen molar-refractivity contribution in [2.45, 2.75) is 57.9 Å². The van der Waals surface area contributed by atoms with Crippen LogP contribution in [0.15, 0.2) is 12.2 Å². The van der Waals surface area contributed by atoms with Crippen LogP contribution in [0.1, 0.15) is 51.9 Å². The van der Waals surface area contributed by atoms with E-state index in [1.54, 1.807) is 0 Å². The molecule has 0 spiro atoms. The molecule has 1 amide bonds. The van der Waals surface area contributed by atoms with E-state index in [4.69, 9.17) is 0 Å². The molecule has 1 rings (SSSR count). The Labute approximate surface area is 86.8 Å². The molecule has 2 heteroatoms. The van der Waals surface area contributed by atoms with E-state index in [0.29, 0.717) is 12.5 Å². The van der Waals surface area contributed by atoms with Gasteiger partial charge in [-0.05, 0) is 32.1 Å². The minimum atomic E-state index is 0.233. The Balaban J connectivity index is 1.89. The summed E-state index contributed by atoms with van der Waals surface area (Å²) in [7, 11) is 0. The van der Waals surface area contributed by atoms with Crippen molar-refractivity contribution in [2.75, 3.05) is 0 Å². The SMILES string of the molecule is CCCC=CCCCC(=O)NC1CC1. The summed E-state index contributed by atoms with van der Waals surface area (Å²) >= 11 is 0. The quantitative estimate of drug-likeness (QED) is 0.491. The third-order valence-electron chi connectivity index (χ3n) is 2.34. The molecule has 2 nitrogen and oxygen atoms in total. The highest BCUT2D eigenvalue weighted by Crippen LogP contribution is 2.18. The fourth-order valence-electron chi connectivity index (χ4n) is 1.31. The summed E-state index contributed by atoms with van der Waals surface area (Å²) in [4.78, 5) is 11.2. The number of amides is 1. The predicted octanol–water partition coefficient (Wildman–Crippen LogP) is 2.79. The maximum atomic E-state index is 11.2. The molecule has 0 saturated heterocycles. The van der Waals surface area contributed by atoms with Gasteiger partial charge in [0.1, 0.15) is 0 Å². The molecule has 1 aliphatic rings. The summed E-state index contributed by atoms with van der Waals surface area (Å²) in [5, 5.41) is 2.99. The second-order valence-electron chi connectivity index (χ2n) is 3.99. The van der Waals surface area contributed by atoms with Crippen molar-refractivity contribution in [1.29, 1.82) is 0 Å². The average Bonchev–Trinajstić information content (AvgIpc) is 2.95. The number of carbonyl (C=O) groups excluding carboxylic acids is 1. The molecule has 1 N–H and O–H groups in total. The van der Waals surface area contributed by atoms with Gasteiger partial charge in [-0.3, -0.25) is 4.79 Å². The third kappa shape index (κ3) is 5.79. The largest absolute Gasteiger partial charge is 0.353 e. The van der Waals surface area contributed by atoms with E-state index in [0.717, 1.165) is 19.3 Å². The van der Waals surface area contributed by atoms with Crippen LogP contribution in [0.25, 0.3) is 0 Å². The van der Waals surface area contributed by atoms with Gasteiger partial charge >= 0.3 is 0 Å². The maximum absolute atomic E-state index is 11.2. The van der Waals surface area contributed by atoms with Gasteiger partial charge in [-0.15, -0.1) is 0 Å². The molecule has 0 bridgehead atoms. The third-order valence-corrected chi connectivity index (χ3v) is 2.34. The van der Waals surface area contributed by atoms with Gasteiger partial charge < -0.3 is 5.32 Å². The summed E-state index contributed by atoms with van der Waals surface area (Å²) in [5.41, 5.74) is 0. The average molecular weight is 195 g/mol. The number of nitrogens with one attached hydrogen (secondary N) is 1. The zero-order valence-electron chi connectivity index (χ0n) is 9.09. The monoisotopic (exact) mass is 195 g/mol. The predicted molar refractivity (Wildman–Crippen MR) is 59.1 cm³/mol. The van der Waals surface area contributed by atoms with E-state index >= 15 is 0 Å². The fourth-order valence-corrected chi connectivity index (χ4v) is 1.31. The summed E-state index contributed by atoms with van der Waals surface area (Å²) in [6.45, 7) is 2.17. The Kier molecular flexibility index (Phi) is 5.35. The van der Waals surface area contributed by atoms with Gasteiger partial charge in [0.15, 0.2) is 0 Å². The van der Waals surface area contributed by atoms with Crippen molar-refractivity contribution in [3.05, 3.63) is 12.2 Å². The highest BCUT2D eigenvalue weighted by Gasteiger charge is 2.22. The van der Waals surface area contributed by atoms with Gasteiger partial charge in [0.05, 0.1) is 0 Å². The summed E-state index contributed by atoms with van der Waals surface area (Å²) < 4.78 is 0. The second-order valence-corrected chi connectivity index (χ2v) is 3.99. The summed E-state index contributed by atoms with van der Waals surface area (Å²) in [5.74, 6) is 0.233. The van der Waals surface area contributed by atoms with Crippen molar-refractivity contribution in [3.63, 3.8) is 0 Å². The van der Waals surface area contributed by atoms with Crippen molar-refractivity contribution in [1.82, 2.24) is 5.32 Å². The second kappa shape index (κ2) is 6.63. The number of unbranched alkanes of at least 4 members (excludes halogenated alkanes) is 2. The van der Waals surface area contributed by atoms with Crippen molar-refractivity contribution < 1.29 is 4.79 Å². The molecule has 0 aromatic carbocycles. The summed E-state index contributed by atoms with van der Waals surface area (Å²) in [6, 6.07) is 0.512. The smallest absolute Gasteiger partial charge is 0.220 e. The van der Waals surface area contributed by atoms with Crippen LogP contribution < -0.4 is 5.32 Å². The molecule has 80 valence electrons. The van der Waals surface area contributed by atoms with Crippen molar-refractivity contribution >= 4 is 5.91 Å². The zero-order chi connectivity index (χ0) is 10.2. The van der Waals surface area contributed by atoms with Crippen LogP contribution in [0.5, 0.6) is 0 Å². The summed E-state index contributed by atoms with van der Waals surface area (Å²) in [6.07, 6.45) is 11.8. The lowest BCUT2D eigenvalue weighted by molar-refractivity contribution is -0.121. The van der Waals surface area contributed by atoms with Crippen LogP contribution in [-0.4, -0.2) is 11.9 Å². The van der Waals surface area contributed by atoms with Gasteiger partial charge in [-0.1, -0.05) is 25.5 Å². The lowest BCUT2D eigenvalue weighted by Gasteiger charge is -2.00. The van der Waals surface area contributed by atoms with E-state index in [1.807, 2.05) is 0 Å². The molecule has 14 heavy (non-hydrogen) atoms. The molecular formula is C12H21NO. The Morgan fingerprint density at radius 3 is 2.71 bits per heavy atom. The molecule has 0 aliphatic heterocycles. The molecule has 0 aromatic heterocycles. The van der Waals surface area contributed by atoms with Gasteiger partial charge in [0, 0.05) is 12.5 Å². The maximum Gasteiger partial charge on any atom is 0.220 e. The van der Waals surface area contributed by atoms with Crippen LogP contribution >= 0.6 is 0 Å². The highest BCUT2D eigenvalue weighted by atomic mass is 16.1. The number of allylic oxidation sites excluding steroid dienone is 2. The van der Waals surface area contributed by atoms with Gasteiger partial charge in [-0.25, -0.2) is 0 Å². The van der Waals surface area contributed by atoms with E-state index in [9.17, 15) is 4.79 Å². The first-order valence-corrected chi connectivity index (χ1v) is 5.77. The number of carbonyl (C=O) groups is 1. The van der Waals surface area contributed by atoms with Crippen LogP contribution in [-0.2, 0) is 4.79 Å². The first-order chi connectivity index (χ1) is 6.83. The van der Waals surface area contributed by atoms with Crippen molar-refractivity contribution in [3.8, 4) is 0 Å². The van der Waals surface area contributed by atoms with E-state index in [2.05, 4.69) is 24.4 Å². The lowest BCUT2D eigenvalue weighted by Crippen LogP contribution is -2.24. The van der Waals surface area contributed by atoms with Gasteiger partial charge in [0.2, 0.25) is 5.91 Å². The molecule has 0 heterocycles. The normalized spacial score (nSPS) is 16.1. The van der Waals surface area contributed by atoms with Crippen LogP contribution in [0, 0.1) is 0 Å². The van der Waals surface area contributed by atoms with Crippen LogP contribution in [0.4, 0.5) is 0 Å². The minimum absolute atomic E-state index is 0.233. The molecule has 1 saturated carbocycles. The Morgan fingerprint density at radius 1 is 1.36 bits per heavy atom. The Morgan fingerprint density at radius 2 is 2.07 bits per heavy atom. The van der Waals surface area contributed by atoms with Crippen LogP contribution in [0.3, 0.4) is 0 Å². The van der Waals surface area contributed by atoms with E-state index in [1.165, 1.54) is 19.3 Å². The molecular weight excluding hydrogens is 174 g/mol. The topological polar surface area (TPSA) is 29.1 Å². The minimum Gasteiger partial charge on any atom is -0.353 e. The molecule has 0 radical (unpaired) electrons. The zero-order valence-corrected chi connectivity index (χ0v) is 9.09. The highest BCUT2D eigenvalue weighted by molar-refractivity contribution is 5.76.